The van der Waals surface area contributed by atoms with E-state index >= 15 is 0 Å². The highest BCUT2D eigenvalue weighted by molar-refractivity contribution is 6.31. The van der Waals surface area contributed by atoms with Crippen molar-refractivity contribution in [2.45, 2.75) is 47.0 Å². The van der Waals surface area contributed by atoms with Gasteiger partial charge in [0.25, 0.3) is 0 Å². The molecule has 0 spiro atoms. The number of para-hydroxylation sites is 2. The van der Waals surface area contributed by atoms with Gasteiger partial charge in [0, 0.05) is 22.2 Å². The first-order valence-electron chi connectivity index (χ1n) is 12.9. The summed E-state index contributed by atoms with van der Waals surface area (Å²) in [6.07, 6.45) is 1.36. The van der Waals surface area contributed by atoms with Crippen LogP contribution in [-0.4, -0.2) is 11.9 Å². The van der Waals surface area contributed by atoms with E-state index in [1.807, 2.05) is 64.1 Å². The molecule has 0 radical (unpaired) electrons. The molecule has 0 aromatic heterocycles. The van der Waals surface area contributed by atoms with E-state index in [4.69, 9.17) is 30.5 Å². The van der Waals surface area contributed by atoms with Gasteiger partial charge in [-0.05, 0) is 69.2 Å². The number of ether oxygens (including phenoxy) is 4. The highest BCUT2D eigenvalue weighted by Gasteiger charge is 2.33. The standard InChI is InChI=1S/C32H31ClO6/c1-5-13-26(34)38-28-25-20-21(33)18-19-24(25)27(39-31(35)32(3,4)6-2)29(36-22-14-9-7-10-15-22)30(28)37-23-16-11-8-12-17-23/h7-12,14-20H,5-6,13H2,1-4H3. The maximum absolute atomic E-state index is 13.4. The van der Waals surface area contributed by atoms with Crippen LogP contribution in [0.4, 0.5) is 0 Å². The molecule has 0 aliphatic heterocycles. The Hall–Kier alpha value is -4.03. The molecule has 39 heavy (non-hydrogen) atoms. The first kappa shape index (κ1) is 28.0. The van der Waals surface area contributed by atoms with Crippen molar-refractivity contribution in [2.75, 3.05) is 0 Å². The summed E-state index contributed by atoms with van der Waals surface area (Å²) in [6, 6.07) is 23.1. The fraction of sp³-hybridized carbons (Fsp3) is 0.250. The second-order valence-electron chi connectivity index (χ2n) is 9.69. The molecule has 0 aliphatic carbocycles. The summed E-state index contributed by atoms with van der Waals surface area (Å²) in [7, 11) is 0. The van der Waals surface area contributed by atoms with Gasteiger partial charge in [-0.2, -0.15) is 0 Å². The van der Waals surface area contributed by atoms with Gasteiger partial charge < -0.3 is 18.9 Å². The van der Waals surface area contributed by atoms with Crippen LogP contribution < -0.4 is 18.9 Å². The van der Waals surface area contributed by atoms with E-state index in [9.17, 15) is 9.59 Å². The van der Waals surface area contributed by atoms with Crippen molar-refractivity contribution < 1.29 is 28.5 Å². The molecule has 0 N–H and O–H groups in total. The van der Waals surface area contributed by atoms with Crippen molar-refractivity contribution >= 4 is 34.3 Å². The molecule has 202 valence electrons. The molecule has 6 nitrogen and oxygen atoms in total. The molecule has 0 saturated heterocycles. The lowest BCUT2D eigenvalue weighted by atomic mass is 9.90. The number of rotatable bonds is 10. The number of hydrogen-bond acceptors (Lipinski definition) is 6. The predicted molar refractivity (Wildman–Crippen MR) is 152 cm³/mol. The molecule has 0 unspecified atom stereocenters. The van der Waals surface area contributed by atoms with Gasteiger partial charge in [-0.1, -0.05) is 61.8 Å². The van der Waals surface area contributed by atoms with Crippen molar-refractivity contribution in [1.29, 1.82) is 0 Å². The third-order valence-electron chi connectivity index (χ3n) is 6.32. The molecule has 0 amide bonds. The second-order valence-corrected chi connectivity index (χ2v) is 10.1. The number of esters is 2. The van der Waals surface area contributed by atoms with Gasteiger partial charge in [0.2, 0.25) is 11.5 Å². The average Bonchev–Trinajstić information content (AvgIpc) is 2.93. The van der Waals surface area contributed by atoms with Crippen LogP contribution in [0.3, 0.4) is 0 Å². The second kappa shape index (κ2) is 12.2. The summed E-state index contributed by atoms with van der Waals surface area (Å²) < 4.78 is 24.7. The number of carbonyl (C=O) groups is 2. The van der Waals surface area contributed by atoms with Crippen LogP contribution in [0.1, 0.15) is 47.0 Å². The Morgan fingerprint density at radius 3 is 1.77 bits per heavy atom. The monoisotopic (exact) mass is 546 g/mol. The van der Waals surface area contributed by atoms with Gasteiger partial charge in [0.05, 0.1) is 5.41 Å². The topological polar surface area (TPSA) is 71.1 Å². The van der Waals surface area contributed by atoms with Crippen molar-refractivity contribution in [3.8, 4) is 34.5 Å². The zero-order valence-electron chi connectivity index (χ0n) is 22.5. The van der Waals surface area contributed by atoms with E-state index in [0.717, 1.165) is 0 Å². The smallest absolute Gasteiger partial charge is 0.317 e. The summed E-state index contributed by atoms with van der Waals surface area (Å²) >= 11 is 6.40. The van der Waals surface area contributed by atoms with Crippen LogP contribution in [0.25, 0.3) is 10.8 Å². The molecule has 0 atom stereocenters. The van der Waals surface area contributed by atoms with Crippen molar-refractivity contribution in [2.24, 2.45) is 5.41 Å². The summed E-state index contributed by atoms with van der Waals surface area (Å²) in [6.45, 7) is 7.43. The van der Waals surface area contributed by atoms with E-state index in [1.54, 1.807) is 42.5 Å². The minimum absolute atomic E-state index is 0.0846. The van der Waals surface area contributed by atoms with Crippen molar-refractivity contribution in [3.05, 3.63) is 83.9 Å². The van der Waals surface area contributed by atoms with Gasteiger partial charge in [0.15, 0.2) is 11.5 Å². The maximum atomic E-state index is 13.4. The Labute approximate surface area is 233 Å². The average molecular weight is 547 g/mol. The Morgan fingerprint density at radius 1 is 0.718 bits per heavy atom. The van der Waals surface area contributed by atoms with E-state index in [2.05, 4.69) is 0 Å². The van der Waals surface area contributed by atoms with Crippen LogP contribution in [0, 0.1) is 5.41 Å². The molecule has 0 saturated carbocycles. The number of carbonyl (C=O) groups excluding carboxylic acids is 2. The lowest BCUT2D eigenvalue weighted by Crippen LogP contribution is -2.28. The molecule has 4 aromatic carbocycles. The van der Waals surface area contributed by atoms with Crippen LogP contribution >= 0.6 is 11.6 Å². The Morgan fingerprint density at radius 2 is 1.26 bits per heavy atom. The van der Waals surface area contributed by atoms with Gasteiger partial charge in [0.1, 0.15) is 11.5 Å². The molecule has 0 bridgehead atoms. The Balaban J connectivity index is 2.06. The number of halogens is 1. The van der Waals surface area contributed by atoms with Crippen LogP contribution in [0.5, 0.6) is 34.5 Å². The van der Waals surface area contributed by atoms with Crippen molar-refractivity contribution in [3.63, 3.8) is 0 Å². The molecule has 7 heteroatoms. The van der Waals surface area contributed by atoms with Gasteiger partial charge >= 0.3 is 11.9 Å². The summed E-state index contributed by atoms with van der Waals surface area (Å²) in [5.74, 6) is 0.492. The minimum atomic E-state index is -0.768. The van der Waals surface area contributed by atoms with E-state index in [0.29, 0.717) is 40.1 Å². The van der Waals surface area contributed by atoms with Crippen LogP contribution in [-0.2, 0) is 9.59 Å². The number of fused-ring (bicyclic) bond motifs is 1. The first-order valence-corrected chi connectivity index (χ1v) is 13.3. The molecule has 0 fully saturated rings. The van der Waals surface area contributed by atoms with Crippen LogP contribution in [0.2, 0.25) is 5.02 Å². The molecule has 0 heterocycles. The SMILES string of the molecule is CCCC(=O)Oc1c(Oc2ccccc2)c(Oc2ccccc2)c(OC(=O)C(C)(C)CC)c2ccc(Cl)cc12. The normalized spacial score (nSPS) is 11.2. The van der Waals surface area contributed by atoms with Gasteiger partial charge in [-0.15, -0.1) is 0 Å². The molecular weight excluding hydrogens is 516 g/mol. The molecule has 4 rings (SSSR count). The Kier molecular flexibility index (Phi) is 8.77. The maximum Gasteiger partial charge on any atom is 0.317 e. The van der Waals surface area contributed by atoms with Gasteiger partial charge in [-0.3, -0.25) is 9.59 Å². The van der Waals surface area contributed by atoms with Crippen LogP contribution in [0.15, 0.2) is 78.9 Å². The lowest BCUT2D eigenvalue weighted by Gasteiger charge is -2.24. The summed E-state index contributed by atoms with van der Waals surface area (Å²) in [4.78, 5) is 26.2. The summed E-state index contributed by atoms with van der Waals surface area (Å²) in [5, 5.41) is 1.32. The number of hydrogen-bond donors (Lipinski definition) is 0. The van der Waals surface area contributed by atoms with E-state index in [-0.39, 0.29) is 29.4 Å². The third-order valence-corrected chi connectivity index (χ3v) is 6.55. The predicted octanol–water partition coefficient (Wildman–Crippen LogP) is 9.12. The summed E-state index contributed by atoms with van der Waals surface area (Å²) in [5.41, 5.74) is -0.768. The van der Waals surface area contributed by atoms with E-state index < -0.39 is 17.4 Å². The van der Waals surface area contributed by atoms with Gasteiger partial charge in [-0.25, -0.2) is 0 Å². The van der Waals surface area contributed by atoms with E-state index in [1.165, 1.54) is 0 Å². The van der Waals surface area contributed by atoms with Crippen molar-refractivity contribution in [1.82, 2.24) is 0 Å². The fourth-order valence-electron chi connectivity index (χ4n) is 3.70. The highest BCUT2D eigenvalue weighted by Crippen LogP contribution is 2.54. The zero-order valence-corrected chi connectivity index (χ0v) is 23.2. The minimum Gasteiger partial charge on any atom is -0.449 e. The quantitative estimate of drug-likeness (QED) is 0.146. The zero-order chi connectivity index (χ0) is 28.0. The Bertz CT molecular complexity index is 1470. The molecule has 4 aromatic rings. The molecular formula is C32H31ClO6. The first-order chi connectivity index (χ1) is 18.7. The number of benzene rings is 4. The fourth-order valence-corrected chi connectivity index (χ4v) is 3.87. The largest absolute Gasteiger partial charge is 0.449 e. The third kappa shape index (κ3) is 6.52. The highest BCUT2D eigenvalue weighted by atomic mass is 35.5. The lowest BCUT2D eigenvalue weighted by molar-refractivity contribution is -0.144. The molecule has 0 aliphatic rings.